The minimum absolute atomic E-state index is 0.113. The lowest BCUT2D eigenvalue weighted by molar-refractivity contribution is -0.387. The van der Waals surface area contributed by atoms with Crippen molar-refractivity contribution in [3.8, 4) is 11.5 Å². The van der Waals surface area contributed by atoms with Crippen LogP contribution in [-0.2, 0) is 0 Å². The lowest BCUT2D eigenvalue weighted by Crippen LogP contribution is -2.34. The van der Waals surface area contributed by atoms with E-state index >= 15 is 0 Å². The van der Waals surface area contributed by atoms with Gasteiger partial charge in [-0.2, -0.15) is 4.39 Å². The minimum Gasteiger partial charge on any atom is -0.497 e. The van der Waals surface area contributed by atoms with Gasteiger partial charge in [0, 0.05) is 23.4 Å². The van der Waals surface area contributed by atoms with E-state index in [1.807, 2.05) is 0 Å². The second-order valence-electron chi connectivity index (χ2n) is 4.93. The Bertz CT molecular complexity index is 853. The van der Waals surface area contributed by atoms with E-state index in [-0.39, 0.29) is 16.4 Å². The van der Waals surface area contributed by atoms with Gasteiger partial charge in [0.15, 0.2) is 5.11 Å². The Morgan fingerprint density at radius 3 is 2.31 bits per heavy atom. The average molecular weight is 379 g/mol. The van der Waals surface area contributed by atoms with Crippen molar-refractivity contribution >= 4 is 34.6 Å². The molecule has 0 spiro atoms. The van der Waals surface area contributed by atoms with Crippen LogP contribution in [-0.4, -0.2) is 30.2 Å². The molecule has 1 amide bonds. The van der Waals surface area contributed by atoms with Crippen molar-refractivity contribution in [3.63, 3.8) is 0 Å². The molecular formula is C16H14FN3O5S. The molecule has 0 bridgehead atoms. The molecular weight excluding hydrogens is 365 g/mol. The molecule has 2 aromatic rings. The van der Waals surface area contributed by atoms with E-state index in [1.165, 1.54) is 32.4 Å². The number of nitrogens with zero attached hydrogens (tertiary/aromatic N) is 1. The molecule has 2 aromatic carbocycles. The van der Waals surface area contributed by atoms with E-state index in [9.17, 15) is 19.3 Å². The number of thiocarbonyl (C=S) groups is 1. The molecule has 0 unspecified atom stereocenters. The SMILES string of the molecule is COc1cc(OC)cc(C(=O)NC(=S)Nc2ccc(F)c([N+](=O)[O-])c2)c1. The van der Waals surface area contributed by atoms with Crippen LogP contribution in [0.2, 0.25) is 0 Å². The maximum atomic E-state index is 13.3. The number of hydrogen-bond acceptors (Lipinski definition) is 6. The number of carbonyl (C=O) groups excluding carboxylic acids is 1. The standard InChI is InChI=1S/C16H14FN3O5S/c1-24-11-5-9(6-12(8-11)25-2)15(21)19-16(26)18-10-3-4-13(17)14(7-10)20(22)23/h3-8H,1-2H3,(H2,18,19,21,26). The summed E-state index contributed by atoms with van der Waals surface area (Å²) in [6, 6.07) is 7.74. The minimum atomic E-state index is -0.973. The fraction of sp³-hybridized carbons (Fsp3) is 0.125. The van der Waals surface area contributed by atoms with Crippen molar-refractivity contribution in [3.05, 3.63) is 57.9 Å². The third-order valence-corrected chi connectivity index (χ3v) is 3.45. The van der Waals surface area contributed by atoms with Crippen LogP contribution < -0.4 is 20.1 Å². The molecule has 0 fully saturated rings. The van der Waals surface area contributed by atoms with Gasteiger partial charge < -0.3 is 14.8 Å². The third-order valence-electron chi connectivity index (χ3n) is 3.24. The van der Waals surface area contributed by atoms with E-state index in [4.69, 9.17) is 21.7 Å². The Morgan fingerprint density at radius 1 is 1.15 bits per heavy atom. The number of halogens is 1. The molecule has 26 heavy (non-hydrogen) atoms. The van der Waals surface area contributed by atoms with Gasteiger partial charge in [0.25, 0.3) is 5.91 Å². The van der Waals surface area contributed by atoms with Gasteiger partial charge in [-0.1, -0.05) is 0 Å². The van der Waals surface area contributed by atoms with Gasteiger partial charge in [-0.15, -0.1) is 0 Å². The van der Waals surface area contributed by atoms with Crippen LogP contribution in [0, 0.1) is 15.9 Å². The van der Waals surface area contributed by atoms with Crippen molar-refractivity contribution in [1.82, 2.24) is 5.32 Å². The quantitative estimate of drug-likeness (QED) is 0.468. The van der Waals surface area contributed by atoms with Gasteiger partial charge in [-0.3, -0.25) is 20.2 Å². The summed E-state index contributed by atoms with van der Waals surface area (Å²) in [4.78, 5) is 22.2. The Balaban J connectivity index is 2.12. The summed E-state index contributed by atoms with van der Waals surface area (Å²) < 4.78 is 23.5. The molecule has 136 valence electrons. The highest BCUT2D eigenvalue weighted by Crippen LogP contribution is 2.23. The first-order valence-corrected chi connectivity index (χ1v) is 7.54. The smallest absolute Gasteiger partial charge is 0.306 e. The normalized spacial score (nSPS) is 9.96. The molecule has 2 N–H and O–H groups in total. The fourth-order valence-corrected chi connectivity index (χ4v) is 2.22. The zero-order chi connectivity index (χ0) is 19.3. The van der Waals surface area contributed by atoms with Crippen LogP contribution in [0.3, 0.4) is 0 Å². The molecule has 8 nitrogen and oxygen atoms in total. The number of benzene rings is 2. The Morgan fingerprint density at radius 2 is 1.77 bits per heavy atom. The number of rotatable bonds is 5. The third kappa shape index (κ3) is 4.63. The first kappa shape index (κ1) is 19.1. The second-order valence-corrected chi connectivity index (χ2v) is 5.34. The maximum absolute atomic E-state index is 13.3. The average Bonchev–Trinajstić information content (AvgIpc) is 2.62. The molecule has 0 saturated heterocycles. The van der Waals surface area contributed by atoms with Crippen LogP contribution in [0.15, 0.2) is 36.4 Å². The summed E-state index contributed by atoms with van der Waals surface area (Å²) in [5.74, 6) is -0.680. The van der Waals surface area contributed by atoms with E-state index in [2.05, 4.69) is 10.6 Å². The summed E-state index contributed by atoms with van der Waals surface area (Å²) >= 11 is 5.01. The summed E-state index contributed by atoms with van der Waals surface area (Å²) in [5.41, 5.74) is -0.316. The van der Waals surface area contributed by atoms with E-state index in [0.29, 0.717) is 11.5 Å². The van der Waals surface area contributed by atoms with E-state index in [1.54, 1.807) is 6.07 Å². The van der Waals surface area contributed by atoms with Crippen molar-refractivity contribution in [2.24, 2.45) is 0 Å². The number of methoxy groups -OCH3 is 2. The van der Waals surface area contributed by atoms with Gasteiger partial charge in [-0.05, 0) is 36.5 Å². The number of amides is 1. The lowest BCUT2D eigenvalue weighted by Gasteiger charge is -2.11. The van der Waals surface area contributed by atoms with Crippen molar-refractivity contribution in [1.29, 1.82) is 0 Å². The maximum Gasteiger partial charge on any atom is 0.306 e. The molecule has 0 aliphatic rings. The summed E-state index contributed by atoms with van der Waals surface area (Å²) in [6.07, 6.45) is 0. The van der Waals surface area contributed by atoms with Crippen LogP contribution in [0.25, 0.3) is 0 Å². The highest BCUT2D eigenvalue weighted by molar-refractivity contribution is 7.80. The van der Waals surface area contributed by atoms with Crippen LogP contribution in [0.1, 0.15) is 10.4 Å². The fourth-order valence-electron chi connectivity index (χ4n) is 2.01. The largest absolute Gasteiger partial charge is 0.497 e. The molecule has 10 heteroatoms. The molecule has 0 heterocycles. The molecule has 0 saturated carbocycles. The van der Waals surface area contributed by atoms with Gasteiger partial charge in [0.1, 0.15) is 11.5 Å². The number of nitro benzene ring substituents is 1. The zero-order valence-electron chi connectivity index (χ0n) is 13.7. The van der Waals surface area contributed by atoms with E-state index < -0.39 is 22.3 Å². The number of carbonyl (C=O) groups is 1. The number of hydrogen-bond donors (Lipinski definition) is 2. The lowest BCUT2D eigenvalue weighted by atomic mass is 10.2. The second kappa shape index (κ2) is 8.21. The molecule has 0 aliphatic heterocycles. The Kier molecular flexibility index (Phi) is 6.02. The summed E-state index contributed by atoms with van der Waals surface area (Å²) in [6.45, 7) is 0. The topological polar surface area (TPSA) is 103 Å². The van der Waals surface area contributed by atoms with Gasteiger partial charge in [0.2, 0.25) is 5.82 Å². The first-order valence-electron chi connectivity index (χ1n) is 7.13. The highest BCUT2D eigenvalue weighted by atomic mass is 32.1. The van der Waals surface area contributed by atoms with Crippen molar-refractivity contribution in [2.45, 2.75) is 0 Å². The summed E-state index contributed by atoms with van der Waals surface area (Å²) in [7, 11) is 2.90. The van der Waals surface area contributed by atoms with Crippen LogP contribution >= 0.6 is 12.2 Å². The number of anilines is 1. The molecule has 0 aromatic heterocycles. The van der Waals surface area contributed by atoms with E-state index in [0.717, 1.165) is 12.1 Å². The monoisotopic (exact) mass is 379 g/mol. The van der Waals surface area contributed by atoms with Crippen LogP contribution in [0.5, 0.6) is 11.5 Å². The van der Waals surface area contributed by atoms with Crippen molar-refractivity contribution in [2.75, 3.05) is 19.5 Å². The Labute approximate surface area is 153 Å². The summed E-state index contributed by atoms with van der Waals surface area (Å²) in [5, 5.41) is 15.6. The molecule has 2 rings (SSSR count). The van der Waals surface area contributed by atoms with Gasteiger partial charge in [-0.25, -0.2) is 0 Å². The van der Waals surface area contributed by atoms with Crippen LogP contribution in [0.4, 0.5) is 15.8 Å². The molecule has 0 aliphatic carbocycles. The van der Waals surface area contributed by atoms with Crippen molar-refractivity contribution < 1.29 is 23.6 Å². The highest BCUT2D eigenvalue weighted by Gasteiger charge is 2.16. The van der Waals surface area contributed by atoms with Gasteiger partial charge in [0.05, 0.1) is 19.1 Å². The van der Waals surface area contributed by atoms with Gasteiger partial charge >= 0.3 is 5.69 Å². The predicted octanol–water partition coefficient (Wildman–Crippen LogP) is 2.88. The number of nitrogens with one attached hydrogen (secondary N) is 2. The number of ether oxygens (including phenoxy) is 2. The molecule has 0 atom stereocenters. The molecule has 0 radical (unpaired) electrons. The first-order chi connectivity index (χ1) is 12.3. The zero-order valence-corrected chi connectivity index (χ0v) is 14.6. The number of nitro groups is 1. The Hall–Kier alpha value is -3.27. The predicted molar refractivity (Wildman–Crippen MR) is 96.3 cm³/mol.